The van der Waals surface area contributed by atoms with Crippen LogP contribution < -0.4 is 0 Å². The molecule has 1 saturated heterocycles. The van der Waals surface area contributed by atoms with E-state index >= 15 is 0 Å². The number of thioether (sulfide) groups is 1. The quantitative estimate of drug-likeness (QED) is 0.572. The van der Waals surface area contributed by atoms with E-state index in [0.717, 1.165) is 49.4 Å². The van der Waals surface area contributed by atoms with Crippen LogP contribution in [0.4, 0.5) is 0 Å². The number of rotatable bonds is 6. The molecule has 1 amide bonds. The highest BCUT2D eigenvalue weighted by Gasteiger charge is 2.22. The molecule has 4 rings (SSSR count). The molecule has 0 radical (unpaired) electrons. The van der Waals surface area contributed by atoms with Gasteiger partial charge in [0.05, 0.1) is 5.75 Å². The highest BCUT2D eigenvalue weighted by molar-refractivity contribution is 7.99. The van der Waals surface area contributed by atoms with Gasteiger partial charge >= 0.3 is 0 Å². The summed E-state index contributed by atoms with van der Waals surface area (Å²) >= 11 is 1.46. The van der Waals surface area contributed by atoms with Crippen molar-refractivity contribution in [2.24, 2.45) is 0 Å². The van der Waals surface area contributed by atoms with Gasteiger partial charge in [-0.3, -0.25) is 14.3 Å². The third-order valence-corrected chi connectivity index (χ3v) is 6.27. The Morgan fingerprint density at radius 2 is 1.73 bits per heavy atom. The summed E-state index contributed by atoms with van der Waals surface area (Å²) in [4.78, 5) is 17.1. The topological polar surface area (TPSA) is 54.3 Å². The largest absolute Gasteiger partial charge is 0.339 e. The van der Waals surface area contributed by atoms with E-state index in [2.05, 4.69) is 58.4 Å². The predicted octanol–water partition coefficient (Wildman–Crippen LogP) is 3.32. The monoisotopic (exact) mass is 421 g/mol. The summed E-state index contributed by atoms with van der Waals surface area (Å²) in [6.45, 7) is 8.31. The molecule has 30 heavy (non-hydrogen) atoms. The predicted molar refractivity (Wildman–Crippen MR) is 120 cm³/mol. The van der Waals surface area contributed by atoms with Crippen molar-refractivity contribution < 1.29 is 4.79 Å². The normalized spacial score (nSPS) is 14.8. The fourth-order valence-corrected chi connectivity index (χ4v) is 4.62. The average Bonchev–Trinajstić information content (AvgIpc) is 3.13. The smallest absolute Gasteiger partial charge is 0.233 e. The molecule has 2 heterocycles. The minimum atomic E-state index is 0.163. The molecule has 1 aliphatic heterocycles. The Balaban J connectivity index is 1.32. The molecule has 0 aliphatic carbocycles. The lowest BCUT2D eigenvalue weighted by Gasteiger charge is -2.34. The summed E-state index contributed by atoms with van der Waals surface area (Å²) in [5.41, 5.74) is 3.53. The zero-order chi connectivity index (χ0) is 20.9. The van der Waals surface area contributed by atoms with E-state index in [-0.39, 0.29) is 5.91 Å². The van der Waals surface area contributed by atoms with Crippen molar-refractivity contribution in [2.45, 2.75) is 25.5 Å². The third-order valence-electron chi connectivity index (χ3n) is 5.35. The molecule has 0 saturated carbocycles. The number of benzene rings is 2. The van der Waals surface area contributed by atoms with E-state index < -0.39 is 0 Å². The van der Waals surface area contributed by atoms with Gasteiger partial charge < -0.3 is 4.90 Å². The Bertz CT molecular complexity index is 996. The molecule has 1 aromatic heterocycles. The molecule has 7 heteroatoms. The molecule has 0 spiro atoms. The maximum Gasteiger partial charge on any atom is 0.233 e. The highest BCUT2D eigenvalue weighted by Crippen LogP contribution is 2.23. The average molecular weight is 422 g/mol. The lowest BCUT2D eigenvalue weighted by atomic mass is 10.2. The first kappa shape index (κ1) is 20.6. The number of aryl methyl sites for hydroxylation is 2. The molecule has 2 aromatic carbocycles. The van der Waals surface area contributed by atoms with Crippen LogP contribution in [0.3, 0.4) is 0 Å². The molecule has 1 fully saturated rings. The highest BCUT2D eigenvalue weighted by atomic mass is 32.2. The minimum absolute atomic E-state index is 0.163. The molecule has 6 nitrogen and oxygen atoms in total. The number of aromatic nitrogens is 3. The maximum atomic E-state index is 12.8. The fraction of sp³-hybridized carbons (Fsp3) is 0.348. The summed E-state index contributed by atoms with van der Waals surface area (Å²) in [6.07, 6.45) is 0. The lowest BCUT2D eigenvalue weighted by Crippen LogP contribution is -2.48. The molecular formula is C23H27N5OS. The van der Waals surface area contributed by atoms with Gasteiger partial charge in [-0.05, 0) is 37.1 Å². The first-order valence-electron chi connectivity index (χ1n) is 10.3. The summed E-state index contributed by atoms with van der Waals surface area (Å²) in [5.74, 6) is 1.36. The van der Waals surface area contributed by atoms with Crippen molar-refractivity contribution in [1.82, 2.24) is 24.6 Å². The second-order valence-electron chi connectivity index (χ2n) is 7.64. The van der Waals surface area contributed by atoms with Crippen LogP contribution in [0, 0.1) is 13.8 Å². The van der Waals surface area contributed by atoms with E-state index in [1.54, 1.807) is 0 Å². The fourth-order valence-electron chi connectivity index (χ4n) is 3.72. The van der Waals surface area contributed by atoms with E-state index in [4.69, 9.17) is 0 Å². The van der Waals surface area contributed by atoms with Gasteiger partial charge in [0, 0.05) is 38.4 Å². The van der Waals surface area contributed by atoms with Crippen LogP contribution in [-0.2, 0) is 11.3 Å². The number of hydrogen-bond donors (Lipinski definition) is 0. The van der Waals surface area contributed by atoms with Gasteiger partial charge in [-0.1, -0.05) is 54.2 Å². The molecule has 0 bridgehead atoms. The van der Waals surface area contributed by atoms with E-state index in [1.807, 2.05) is 34.6 Å². The molecule has 1 aliphatic rings. The summed E-state index contributed by atoms with van der Waals surface area (Å²) in [7, 11) is 0. The van der Waals surface area contributed by atoms with Crippen molar-refractivity contribution >= 4 is 17.7 Å². The van der Waals surface area contributed by atoms with Crippen LogP contribution in [0.15, 0.2) is 59.8 Å². The van der Waals surface area contributed by atoms with E-state index in [1.165, 1.54) is 22.9 Å². The maximum absolute atomic E-state index is 12.8. The first-order valence-corrected chi connectivity index (χ1v) is 11.2. The van der Waals surface area contributed by atoms with Crippen molar-refractivity contribution in [2.75, 3.05) is 31.9 Å². The zero-order valence-corrected chi connectivity index (χ0v) is 18.3. The van der Waals surface area contributed by atoms with Crippen LogP contribution in [-0.4, -0.2) is 62.4 Å². The minimum Gasteiger partial charge on any atom is -0.339 e. The van der Waals surface area contributed by atoms with Gasteiger partial charge in [-0.2, -0.15) is 0 Å². The SMILES string of the molecule is Cc1cccc(-n2c(C)nnc2SCC(=O)N2CCN(Cc3ccccc3)CC2)c1. The molecule has 3 aromatic rings. The Hall–Kier alpha value is -2.64. The summed E-state index contributed by atoms with van der Waals surface area (Å²) in [5, 5.41) is 9.28. The number of amides is 1. The van der Waals surface area contributed by atoms with Crippen LogP contribution >= 0.6 is 11.8 Å². The van der Waals surface area contributed by atoms with Gasteiger partial charge in [0.15, 0.2) is 5.16 Å². The number of piperazine rings is 1. The van der Waals surface area contributed by atoms with E-state index in [0.29, 0.717) is 5.75 Å². The van der Waals surface area contributed by atoms with Gasteiger partial charge in [-0.15, -0.1) is 10.2 Å². The number of hydrogen-bond acceptors (Lipinski definition) is 5. The van der Waals surface area contributed by atoms with Gasteiger partial charge in [0.2, 0.25) is 5.91 Å². The molecular weight excluding hydrogens is 394 g/mol. The van der Waals surface area contributed by atoms with Crippen molar-refractivity contribution in [3.8, 4) is 5.69 Å². The zero-order valence-electron chi connectivity index (χ0n) is 17.5. The van der Waals surface area contributed by atoms with Crippen LogP contribution in [0.5, 0.6) is 0 Å². The number of carbonyl (C=O) groups excluding carboxylic acids is 1. The van der Waals surface area contributed by atoms with Gasteiger partial charge in [0.25, 0.3) is 0 Å². The Morgan fingerprint density at radius 1 is 0.967 bits per heavy atom. The number of nitrogens with zero attached hydrogens (tertiary/aromatic N) is 5. The van der Waals surface area contributed by atoms with Crippen LogP contribution in [0.2, 0.25) is 0 Å². The van der Waals surface area contributed by atoms with Crippen LogP contribution in [0.25, 0.3) is 5.69 Å². The lowest BCUT2D eigenvalue weighted by molar-refractivity contribution is -0.130. The van der Waals surface area contributed by atoms with Crippen molar-refractivity contribution in [3.63, 3.8) is 0 Å². The van der Waals surface area contributed by atoms with Crippen molar-refractivity contribution in [3.05, 3.63) is 71.5 Å². The Morgan fingerprint density at radius 3 is 2.47 bits per heavy atom. The second-order valence-corrected chi connectivity index (χ2v) is 8.58. The second kappa shape index (κ2) is 9.45. The van der Waals surface area contributed by atoms with Gasteiger partial charge in [-0.25, -0.2) is 0 Å². The third kappa shape index (κ3) is 4.91. The summed E-state index contributed by atoms with van der Waals surface area (Å²) in [6, 6.07) is 18.7. The molecule has 0 N–H and O–H groups in total. The molecule has 156 valence electrons. The Kier molecular flexibility index (Phi) is 6.50. The van der Waals surface area contributed by atoms with Crippen LogP contribution in [0.1, 0.15) is 17.0 Å². The molecule has 0 unspecified atom stereocenters. The first-order chi connectivity index (χ1) is 14.6. The van der Waals surface area contributed by atoms with Crippen molar-refractivity contribution in [1.29, 1.82) is 0 Å². The van der Waals surface area contributed by atoms with Gasteiger partial charge in [0.1, 0.15) is 5.82 Å². The Labute approximate surface area is 181 Å². The summed E-state index contributed by atoms with van der Waals surface area (Å²) < 4.78 is 2.02. The standard InChI is InChI=1S/C23H27N5OS/c1-18-7-6-10-21(15-18)28-19(2)24-25-23(28)30-17-22(29)27-13-11-26(12-14-27)16-20-8-4-3-5-9-20/h3-10,15H,11-14,16-17H2,1-2H3. The molecule has 0 atom stereocenters. The number of carbonyl (C=O) groups is 1. The van der Waals surface area contributed by atoms with E-state index in [9.17, 15) is 4.79 Å².